The minimum atomic E-state index is -0.615. The Morgan fingerprint density at radius 1 is 1.10 bits per heavy atom. The van der Waals surface area contributed by atoms with Crippen LogP contribution in [-0.4, -0.2) is 88.0 Å². The van der Waals surface area contributed by atoms with Gasteiger partial charge >= 0.3 is 6.09 Å². The number of ether oxygens (including phenoxy) is 2. The SMILES string of the molecule is CC(C)N(CC1CCN(C(=O)OC(C)(C)C)CC1)[C@H]1C[C@H](Oc2ccc3c(c2)C(=O)N(C2CCC(=O)NC2=O)C3)C1. The zero-order chi connectivity index (χ0) is 29.5. The second-order valence-electron chi connectivity index (χ2n) is 13.3. The average Bonchev–Trinajstić information content (AvgIpc) is 3.19. The van der Waals surface area contributed by atoms with E-state index in [1.165, 1.54) is 0 Å². The van der Waals surface area contributed by atoms with Gasteiger partial charge in [-0.15, -0.1) is 0 Å². The van der Waals surface area contributed by atoms with Gasteiger partial charge in [0.15, 0.2) is 0 Å². The van der Waals surface area contributed by atoms with E-state index in [0.717, 1.165) is 50.9 Å². The van der Waals surface area contributed by atoms with Crippen LogP contribution >= 0.6 is 0 Å². The number of carbonyl (C=O) groups excluding carboxylic acids is 4. The highest BCUT2D eigenvalue weighted by atomic mass is 16.6. The van der Waals surface area contributed by atoms with Crippen molar-refractivity contribution < 1.29 is 28.7 Å². The molecule has 1 unspecified atom stereocenters. The number of carbonyl (C=O) groups is 4. The van der Waals surface area contributed by atoms with Gasteiger partial charge in [-0.05, 0) is 77.5 Å². The summed E-state index contributed by atoms with van der Waals surface area (Å²) in [6, 6.07) is 5.87. The molecule has 10 heteroatoms. The zero-order valence-electron chi connectivity index (χ0n) is 25.0. The third-order valence-electron chi connectivity index (χ3n) is 8.74. The number of amides is 4. The van der Waals surface area contributed by atoms with Crippen LogP contribution in [0.15, 0.2) is 18.2 Å². The molecule has 1 aromatic carbocycles. The highest BCUT2D eigenvalue weighted by Gasteiger charge is 2.41. The normalized spacial score (nSPS) is 25.3. The maximum atomic E-state index is 13.1. The number of hydrogen-bond donors (Lipinski definition) is 1. The molecule has 1 saturated carbocycles. The lowest BCUT2D eigenvalue weighted by Gasteiger charge is -2.46. The fourth-order valence-corrected chi connectivity index (χ4v) is 6.41. The van der Waals surface area contributed by atoms with E-state index in [-0.39, 0.29) is 30.4 Å². The highest BCUT2D eigenvalue weighted by Crippen LogP contribution is 2.35. The van der Waals surface area contributed by atoms with Crippen molar-refractivity contribution in [1.82, 2.24) is 20.0 Å². The van der Waals surface area contributed by atoms with Crippen molar-refractivity contribution in [2.45, 2.75) is 110 Å². The maximum Gasteiger partial charge on any atom is 0.410 e. The van der Waals surface area contributed by atoms with Gasteiger partial charge in [0.1, 0.15) is 23.5 Å². The summed E-state index contributed by atoms with van der Waals surface area (Å²) in [6.07, 6.45) is 4.30. The van der Waals surface area contributed by atoms with Gasteiger partial charge in [-0.1, -0.05) is 6.07 Å². The Morgan fingerprint density at radius 3 is 2.44 bits per heavy atom. The summed E-state index contributed by atoms with van der Waals surface area (Å²) in [5.41, 5.74) is 0.975. The van der Waals surface area contributed by atoms with Crippen LogP contribution in [-0.2, 0) is 20.9 Å². The monoisotopic (exact) mass is 568 g/mol. The molecule has 1 N–H and O–H groups in total. The molecule has 1 atom stereocenters. The molecule has 4 aliphatic rings. The van der Waals surface area contributed by atoms with Gasteiger partial charge in [-0.3, -0.25) is 24.6 Å². The number of nitrogens with one attached hydrogen (secondary N) is 1. The van der Waals surface area contributed by atoms with E-state index in [1.807, 2.05) is 37.8 Å². The molecule has 4 amide bonds. The van der Waals surface area contributed by atoms with Gasteiger partial charge in [-0.2, -0.15) is 0 Å². The number of imide groups is 1. The van der Waals surface area contributed by atoms with Crippen LogP contribution in [0.25, 0.3) is 0 Å². The maximum absolute atomic E-state index is 13.1. The number of nitrogens with zero attached hydrogens (tertiary/aromatic N) is 3. The van der Waals surface area contributed by atoms with Crippen LogP contribution in [0.4, 0.5) is 4.79 Å². The van der Waals surface area contributed by atoms with Gasteiger partial charge in [0.05, 0.1) is 0 Å². The van der Waals surface area contributed by atoms with Crippen molar-refractivity contribution in [2.24, 2.45) is 5.92 Å². The molecular formula is C31H44N4O6. The predicted octanol–water partition coefficient (Wildman–Crippen LogP) is 3.71. The van der Waals surface area contributed by atoms with E-state index >= 15 is 0 Å². The summed E-state index contributed by atoms with van der Waals surface area (Å²) in [4.78, 5) is 55.4. The molecule has 3 fully saturated rings. The molecule has 0 bridgehead atoms. The van der Waals surface area contributed by atoms with Crippen molar-refractivity contribution in [3.8, 4) is 5.75 Å². The topological polar surface area (TPSA) is 108 Å². The fourth-order valence-electron chi connectivity index (χ4n) is 6.41. The molecule has 41 heavy (non-hydrogen) atoms. The Morgan fingerprint density at radius 2 is 1.80 bits per heavy atom. The molecule has 0 radical (unpaired) electrons. The van der Waals surface area contributed by atoms with Crippen LogP contribution in [0.1, 0.15) is 89.1 Å². The van der Waals surface area contributed by atoms with E-state index in [2.05, 4.69) is 24.1 Å². The van der Waals surface area contributed by atoms with E-state index in [9.17, 15) is 19.2 Å². The first-order valence-corrected chi connectivity index (χ1v) is 15.1. The van der Waals surface area contributed by atoms with Crippen LogP contribution in [0.5, 0.6) is 5.75 Å². The number of likely N-dealkylation sites (tertiary alicyclic amines) is 1. The standard InChI is InChI=1S/C31H44N4O6/c1-19(2)34(17-20-10-12-33(13-11-20)30(39)41-31(3,4)5)22-14-24(15-22)40-23-7-6-21-18-35(29(38)25(21)16-23)26-8-9-27(36)32-28(26)37/h6-7,16,19-20,22,24,26H,8-15,17-18H2,1-5H3,(H,32,36,37)/t22-,24-,26?. The van der Waals surface area contributed by atoms with Gasteiger partial charge in [-0.25, -0.2) is 4.79 Å². The lowest BCUT2D eigenvalue weighted by molar-refractivity contribution is -0.136. The Hall–Kier alpha value is -3.14. The zero-order valence-corrected chi connectivity index (χ0v) is 25.0. The van der Waals surface area contributed by atoms with E-state index in [1.54, 1.807) is 11.0 Å². The minimum Gasteiger partial charge on any atom is -0.490 e. The Balaban J connectivity index is 1.10. The first kappa shape index (κ1) is 29.4. The van der Waals surface area contributed by atoms with Crippen molar-refractivity contribution in [3.05, 3.63) is 29.3 Å². The number of benzene rings is 1. The van der Waals surface area contributed by atoms with Crippen LogP contribution < -0.4 is 10.1 Å². The number of fused-ring (bicyclic) bond motifs is 1. The van der Waals surface area contributed by atoms with Crippen molar-refractivity contribution in [3.63, 3.8) is 0 Å². The molecule has 5 rings (SSSR count). The summed E-state index contributed by atoms with van der Waals surface area (Å²) >= 11 is 0. The summed E-state index contributed by atoms with van der Waals surface area (Å²) in [5.74, 6) is 0.352. The van der Waals surface area contributed by atoms with Crippen molar-refractivity contribution in [1.29, 1.82) is 0 Å². The van der Waals surface area contributed by atoms with Gasteiger partial charge in [0, 0.05) is 63.1 Å². The number of piperidine rings is 2. The lowest BCUT2D eigenvalue weighted by Crippen LogP contribution is -2.54. The van der Waals surface area contributed by atoms with Crippen molar-refractivity contribution >= 4 is 23.8 Å². The molecule has 3 aliphatic heterocycles. The van der Waals surface area contributed by atoms with Crippen LogP contribution in [0.2, 0.25) is 0 Å². The molecule has 0 aromatic heterocycles. The van der Waals surface area contributed by atoms with Crippen LogP contribution in [0, 0.1) is 5.92 Å². The molecule has 224 valence electrons. The number of rotatable bonds is 7. The second kappa shape index (κ2) is 11.6. The van der Waals surface area contributed by atoms with Gasteiger partial charge in [0.25, 0.3) is 5.91 Å². The van der Waals surface area contributed by atoms with Crippen LogP contribution in [0.3, 0.4) is 0 Å². The Labute approximate surface area is 242 Å². The molecule has 0 spiro atoms. The summed E-state index contributed by atoms with van der Waals surface area (Å²) in [7, 11) is 0. The molecular weight excluding hydrogens is 524 g/mol. The largest absolute Gasteiger partial charge is 0.490 e. The molecule has 10 nitrogen and oxygen atoms in total. The third kappa shape index (κ3) is 6.68. The molecule has 3 heterocycles. The highest BCUT2D eigenvalue weighted by molar-refractivity contribution is 6.05. The summed E-state index contributed by atoms with van der Waals surface area (Å²) in [6.45, 7) is 13.0. The molecule has 1 aromatic rings. The smallest absolute Gasteiger partial charge is 0.410 e. The van der Waals surface area contributed by atoms with E-state index in [0.29, 0.717) is 42.3 Å². The predicted molar refractivity (Wildman–Crippen MR) is 152 cm³/mol. The van der Waals surface area contributed by atoms with Crippen molar-refractivity contribution in [2.75, 3.05) is 19.6 Å². The summed E-state index contributed by atoms with van der Waals surface area (Å²) in [5, 5.41) is 2.35. The lowest BCUT2D eigenvalue weighted by atomic mass is 9.85. The van der Waals surface area contributed by atoms with E-state index < -0.39 is 17.6 Å². The number of hydrogen-bond acceptors (Lipinski definition) is 7. The second-order valence-corrected chi connectivity index (χ2v) is 13.3. The molecule has 1 aliphatic carbocycles. The Kier molecular flexibility index (Phi) is 8.32. The van der Waals surface area contributed by atoms with Gasteiger partial charge < -0.3 is 19.3 Å². The fraction of sp³-hybridized carbons (Fsp3) is 0.677. The minimum absolute atomic E-state index is 0.0936. The van der Waals surface area contributed by atoms with E-state index in [4.69, 9.17) is 9.47 Å². The molecule has 2 saturated heterocycles. The average molecular weight is 569 g/mol. The quantitative estimate of drug-likeness (QED) is 0.500. The first-order chi connectivity index (χ1) is 19.4. The third-order valence-corrected chi connectivity index (χ3v) is 8.74. The van der Waals surface area contributed by atoms with Gasteiger partial charge in [0.2, 0.25) is 11.8 Å². The summed E-state index contributed by atoms with van der Waals surface area (Å²) < 4.78 is 11.8. The first-order valence-electron chi connectivity index (χ1n) is 15.1. The Bertz CT molecular complexity index is 1180.